The Hall–Kier alpha value is -1.55. The van der Waals surface area contributed by atoms with Crippen LogP contribution in [0.4, 0.5) is 5.69 Å². The Bertz CT molecular complexity index is 554. The van der Waals surface area contributed by atoms with Gasteiger partial charge in [0.05, 0.1) is 11.7 Å². The summed E-state index contributed by atoms with van der Waals surface area (Å²) < 4.78 is 5.88. The maximum atomic E-state index is 12.8. The number of carbonyl (C=O) groups is 1. The van der Waals surface area contributed by atoms with Gasteiger partial charge in [-0.2, -0.15) is 0 Å². The highest BCUT2D eigenvalue weighted by Gasteiger charge is 2.34. The molecule has 2 heterocycles. The van der Waals surface area contributed by atoms with Gasteiger partial charge in [0.15, 0.2) is 0 Å². The molecule has 0 bridgehead atoms. The van der Waals surface area contributed by atoms with Crippen LogP contribution in [0.1, 0.15) is 43.1 Å². The van der Waals surface area contributed by atoms with E-state index < -0.39 is 0 Å². The van der Waals surface area contributed by atoms with Crippen LogP contribution in [0.15, 0.2) is 18.2 Å². The Morgan fingerprint density at radius 3 is 3.00 bits per heavy atom. The van der Waals surface area contributed by atoms with Gasteiger partial charge in [0.2, 0.25) is 0 Å². The fourth-order valence-electron chi connectivity index (χ4n) is 3.40. The van der Waals surface area contributed by atoms with Crippen LogP contribution in [0.5, 0.6) is 0 Å². The molecule has 4 nitrogen and oxygen atoms in total. The predicted molar refractivity (Wildman–Crippen MR) is 83.8 cm³/mol. The van der Waals surface area contributed by atoms with Crippen LogP contribution >= 0.6 is 0 Å². The van der Waals surface area contributed by atoms with E-state index in [2.05, 4.69) is 11.4 Å². The molecule has 1 saturated heterocycles. The van der Waals surface area contributed by atoms with E-state index >= 15 is 0 Å². The Kier molecular flexibility index (Phi) is 3.66. The Morgan fingerprint density at radius 1 is 1.43 bits per heavy atom. The summed E-state index contributed by atoms with van der Waals surface area (Å²) in [5.41, 5.74) is 2.95. The molecule has 0 radical (unpaired) electrons. The number of rotatable bonds is 1. The zero-order valence-electron chi connectivity index (χ0n) is 13.1. The number of ether oxygens (including phenoxy) is 1. The molecule has 0 aliphatic carbocycles. The van der Waals surface area contributed by atoms with Crippen molar-refractivity contribution in [1.82, 2.24) is 4.90 Å². The minimum Gasteiger partial charge on any atom is -0.385 e. The Labute approximate surface area is 126 Å². The second-order valence-corrected chi connectivity index (χ2v) is 6.78. The smallest absolute Gasteiger partial charge is 0.254 e. The minimum atomic E-state index is -0.275. The van der Waals surface area contributed by atoms with Crippen molar-refractivity contribution in [2.24, 2.45) is 0 Å². The summed E-state index contributed by atoms with van der Waals surface area (Å²) in [5.74, 6) is 0.117. The van der Waals surface area contributed by atoms with Crippen LogP contribution in [-0.4, -0.2) is 42.1 Å². The second-order valence-electron chi connectivity index (χ2n) is 6.78. The zero-order chi connectivity index (χ0) is 15.0. The van der Waals surface area contributed by atoms with E-state index in [9.17, 15) is 4.79 Å². The molecule has 1 fully saturated rings. The number of benzene rings is 1. The first-order valence-corrected chi connectivity index (χ1v) is 7.78. The van der Waals surface area contributed by atoms with Gasteiger partial charge in [-0.1, -0.05) is 0 Å². The first-order chi connectivity index (χ1) is 9.94. The van der Waals surface area contributed by atoms with Gasteiger partial charge in [0, 0.05) is 30.9 Å². The third kappa shape index (κ3) is 3.05. The van der Waals surface area contributed by atoms with Gasteiger partial charge in [0.25, 0.3) is 5.91 Å². The monoisotopic (exact) mass is 288 g/mol. The van der Waals surface area contributed by atoms with E-state index in [4.69, 9.17) is 4.74 Å². The molecule has 1 unspecified atom stereocenters. The lowest BCUT2D eigenvalue weighted by Gasteiger charge is -2.41. The topological polar surface area (TPSA) is 41.6 Å². The molecule has 1 amide bonds. The molecule has 0 spiro atoms. The number of nitrogens with zero attached hydrogens (tertiary/aromatic N) is 1. The summed E-state index contributed by atoms with van der Waals surface area (Å²) in [5, 5.41) is 3.38. The molecule has 1 aromatic rings. The number of anilines is 1. The molecule has 1 atom stereocenters. The highest BCUT2D eigenvalue weighted by molar-refractivity contribution is 5.95. The fourth-order valence-corrected chi connectivity index (χ4v) is 3.40. The molecule has 3 rings (SSSR count). The van der Waals surface area contributed by atoms with Crippen LogP contribution in [0.25, 0.3) is 0 Å². The molecule has 4 heteroatoms. The van der Waals surface area contributed by atoms with Crippen molar-refractivity contribution in [3.8, 4) is 0 Å². The molecular formula is C17H24N2O2. The van der Waals surface area contributed by atoms with Gasteiger partial charge >= 0.3 is 0 Å². The number of fused-ring (bicyclic) bond motifs is 1. The fraction of sp³-hybridized carbons (Fsp3) is 0.588. The molecule has 1 N–H and O–H groups in total. The van der Waals surface area contributed by atoms with Crippen molar-refractivity contribution >= 4 is 11.6 Å². The van der Waals surface area contributed by atoms with Crippen molar-refractivity contribution < 1.29 is 9.53 Å². The van der Waals surface area contributed by atoms with E-state index in [0.29, 0.717) is 13.1 Å². The summed E-state index contributed by atoms with van der Waals surface area (Å²) in [7, 11) is 0. The molecular weight excluding hydrogens is 264 g/mol. The van der Waals surface area contributed by atoms with Crippen LogP contribution < -0.4 is 5.32 Å². The van der Waals surface area contributed by atoms with Gasteiger partial charge in [0.1, 0.15) is 0 Å². The van der Waals surface area contributed by atoms with Crippen molar-refractivity contribution in [3.63, 3.8) is 0 Å². The van der Waals surface area contributed by atoms with Gasteiger partial charge in [-0.15, -0.1) is 0 Å². The van der Waals surface area contributed by atoms with Crippen LogP contribution in [0, 0.1) is 0 Å². The number of hydrogen-bond donors (Lipinski definition) is 1. The van der Waals surface area contributed by atoms with E-state index in [1.54, 1.807) is 0 Å². The van der Waals surface area contributed by atoms with Crippen molar-refractivity contribution in [2.75, 3.05) is 25.0 Å². The van der Waals surface area contributed by atoms with E-state index in [0.717, 1.165) is 24.9 Å². The molecule has 21 heavy (non-hydrogen) atoms. The number of morpholine rings is 1. The number of hydrogen-bond acceptors (Lipinski definition) is 3. The zero-order valence-corrected chi connectivity index (χ0v) is 13.1. The predicted octanol–water partition coefficient (Wildman–Crippen LogP) is 2.68. The molecule has 1 aromatic carbocycles. The molecule has 114 valence electrons. The number of amides is 1. The third-order valence-electron chi connectivity index (χ3n) is 4.15. The second kappa shape index (κ2) is 5.34. The van der Waals surface area contributed by atoms with Gasteiger partial charge in [-0.3, -0.25) is 4.79 Å². The molecule has 2 aliphatic heterocycles. The maximum absolute atomic E-state index is 12.8. The van der Waals surface area contributed by atoms with Crippen LogP contribution in [0.2, 0.25) is 0 Å². The molecule has 2 aliphatic rings. The van der Waals surface area contributed by atoms with E-state index in [1.807, 2.05) is 37.8 Å². The number of aryl methyl sites for hydroxylation is 1. The van der Waals surface area contributed by atoms with Crippen molar-refractivity contribution in [3.05, 3.63) is 29.3 Å². The summed E-state index contributed by atoms with van der Waals surface area (Å²) in [6, 6.07) is 6.03. The highest BCUT2D eigenvalue weighted by atomic mass is 16.5. The standard InChI is InChI=1S/C17H24N2O2/c1-12-10-19(11-17(2,3)21-12)16(20)14-6-7-15-13(9-14)5-4-8-18-15/h6-7,9,12,18H,4-5,8,10-11H2,1-3H3. The minimum absolute atomic E-state index is 0.0805. The summed E-state index contributed by atoms with van der Waals surface area (Å²) in [6.45, 7) is 8.44. The average Bonchev–Trinajstić information content (AvgIpc) is 2.44. The lowest BCUT2D eigenvalue weighted by molar-refractivity contribution is -0.118. The van der Waals surface area contributed by atoms with Crippen molar-refractivity contribution in [1.29, 1.82) is 0 Å². The SMILES string of the molecule is CC1CN(C(=O)c2ccc3c(c2)CCCN3)CC(C)(C)O1. The lowest BCUT2D eigenvalue weighted by atomic mass is 9.99. The number of nitrogens with one attached hydrogen (secondary N) is 1. The van der Waals surface area contributed by atoms with Crippen LogP contribution in [0.3, 0.4) is 0 Å². The Morgan fingerprint density at radius 2 is 2.24 bits per heavy atom. The maximum Gasteiger partial charge on any atom is 0.254 e. The van der Waals surface area contributed by atoms with Gasteiger partial charge in [-0.25, -0.2) is 0 Å². The van der Waals surface area contributed by atoms with E-state index in [-0.39, 0.29) is 17.6 Å². The first kappa shape index (κ1) is 14.4. The largest absolute Gasteiger partial charge is 0.385 e. The summed E-state index contributed by atoms with van der Waals surface area (Å²) >= 11 is 0. The molecule has 0 saturated carbocycles. The van der Waals surface area contributed by atoms with E-state index in [1.165, 1.54) is 11.3 Å². The first-order valence-electron chi connectivity index (χ1n) is 7.78. The normalized spacial score (nSPS) is 24.1. The molecule has 0 aromatic heterocycles. The van der Waals surface area contributed by atoms with Crippen LogP contribution in [-0.2, 0) is 11.2 Å². The lowest BCUT2D eigenvalue weighted by Crippen LogP contribution is -2.53. The summed E-state index contributed by atoms with van der Waals surface area (Å²) in [6.07, 6.45) is 2.26. The van der Waals surface area contributed by atoms with Gasteiger partial charge < -0.3 is 15.0 Å². The number of carbonyl (C=O) groups excluding carboxylic acids is 1. The quantitative estimate of drug-likeness (QED) is 0.864. The summed E-state index contributed by atoms with van der Waals surface area (Å²) in [4.78, 5) is 14.7. The van der Waals surface area contributed by atoms with Gasteiger partial charge in [-0.05, 0) is 57.4 Å². The highest BCUT2D eigenvalue weighted by Crippen LogP contribution is 2.26. The van der Waals surface area contributed by atoms with Crippen molar-refractivity contribution in [2.45, 2.75) is 45.3 Å². The Balaban J connectivity index is 1.81. The average molecular weight is 288 g/mol. The third-order valence-corrected chi connectivity index (χ3v) is 4.15.